The summed E-state index contributed by atoms with van der Waals surface area (Å²) in [5.41, 5.74) is 5.47. The first kappa shape index (κ1) is 11.6. The SMILES string of the molecule is NCCc1nnc(CSc2ccccc2)s1. The van der Waals surface area contributed by atoms with Gasteiger partial charge in [-0.2, -0.15) is 0 Å². The Kier molecular flexibility index (Phi) is 4.33. The van der Waals surface area contributed by atoms with Crippen LogP contribution in [0.1, 0.15) is 10.0 Å². The smallest absolute Gasteiger partial charge is 0.127 e. The van der Waals surface area contributed by atoms with Gasteiger partial charge in [0.05, 0.1) is 5.75 Å². The first-order chi connectivity index (χ1) is 7.88. The Morgan fingerprint density at radius 3 is 2.62 bits per heavy atom. The van der Waals surface area contributed by atoms with Crippen LogP contribution in [0.25, 0.3) is 0 Å². The Morgan fingerprint density at radius 2 is 1.88 bits per heavy atom. The van der Waals surface area contributed by atoms with E-state index in [9.17, 15) is 0 Å². The molecule has 1 heterocycles. The van der Waals surface area contributed by atoms with E-state index < -0.39 is 0 Å². The van der Waals surface area contributed by atoms with Crippen molar-refractivity contribution in [3.8, 4) is 0 Å². The Morgan fingerprint density at radius 1 is 1.12 bits per heavy atom. The highest BCUT2D eigenvalue weighted by Crippen LogP contribution is 2.23. The topological polar surface area (TPSA) is 51.8 Å². The van der Waals surface area contributed by atoms with Crippen LogP contribution in [0.15, 0.2) is 35.2 Å². The fraction of sp³-hybridized carbons (Fsp3) is 0.273. The van der Waals surface area contributed by atoms with Crippen molar-refractivity contribution in [2.24, 2.45) is 5.73 Å². The summed E-state index contributed by atoms with van der Waals surface area (Å²) in [4.78, 5) is 1.26. The molecule has 16 heavy (non-hydrogen) atoms. The average molecular weight is 251 g/mol. The van der Waals surface area contributed by atoms with Gasteiger partial charge in [0, 0.05) is 11.3 Å². The summed E-state index contributed by atoms with van der Waals surface area (Å²) in [6, 6.07) is 10.3. The van der Waals surface area contributed by atoms with Crippen molar-refractivity contribution in [1.82, 2.24) is 10.2 Å². The molecule has 1 aromatic carbocycles. The van der Waals surface area contributed by atoms with Crippen LogP contribution < -0.4 is 5.73 Å². The predicted octanol–water partition coefficient (Wildman–Crippen LogP) is 2.33. The first-order valence-electron chi connectivity index (χ1n) is 5.07. The van der Waals surface area contributed by atoms with Gasteiger partial charge in [0.2, 0.25) is 0 Å². The van der Waals surface area contributed by atoms with Crippen molar-refractivity contribution in [2.75, 3.05) is 6.54 Å². The molecule has 0 atom stereocenters. The normalized spacial score (nSPS) is 10.6. The van der Waals surface area contributed by atoms with Gasteiger partial charge in [-0.25, -0.2) is 0 Å². The van der Waals surface area contributed by atoms with Crippen molar-refractivity contribution in [3.05, 3.63) is 40.3 Å². The van der Waals surface area contributed by atoms with Crippen LogP contribution >= 0.6 is 23.1 Å². The van der Waals surface area contributed by atoms with Gasteiger partial charge in [0.1, 0.15) is 10.0 Å². The third kappa shape index (κ3) is 3.30. The molecule has 2 aromatic rings. The molecule has 2 N–H and O–H groups in total. The zero-order valence-electron chi connectivity index (χ0n) is 8.80. The maximum atomic E-state index is 5.47. The van der Waals surface area contributed by atoms with Crippen LogP contribution in [0.4, 0.5) is 0 Å². The van der Waals surface area contributed by atoms with Crippen molar-refractivity contribution < 1.29 is 0 Å². The third-order valence-corrected chi connectivity index (χ3v) is 4.16. The summed E-state index contributed by atoms with van der Waals surface area (Å²) in [5.74, 6) is 0.881. The highest BCUT2D eigenvalue weighted by atomic mass is 32.2. The second-order valence-corrected chi connectivity index (χ2v) is 5.43. The molecule has 0 saturated heterocycles. The average Bonchev–Trinajstić information content (AvgIpc) is 2.76. The third-order valence-electron chi connectivity index (χ3n) is 1.97. The summed E-state index contributed by atoms with van der Waals surface area (Å²) >= 11 is 3.44. The van der Waals surface area contributed by atoms with Crippen LogP contribution in [-0.4, -0.2) is 16.7 Å². The molecular weight excluding hydrogens is 238 g/mol. The molecule has 0 aliphatic heterocycles. The number of nitrogens with two attached hydrogens (primary N) is 1. The zero-order valence-corrected chi connectivity index (χ0v) is 10.4. The van der Waals surface area contributed by atoms with Crippen LogP contribution in [0.3, 0.4) is 0 Å². The fourth-order valence-corrected chi connectivity index (χ4v) is 3.00. The number of thioether (sulfide) groups is 1. The lowest BCUT2D eigenvalue weighted by Crippen LogP contribution is -2.01. The van der Waals surface area contributed by atoms with Gasteiger partial charge in [0.15, 0.2) is 0 Å². The highest BCUT2D eigenvalue weighted by Gasteiger charge is 2.03. The van der Waals surface area contributed by atoms with Crippen molar-refractivity contribution >= 4 is 23.1 Å². The maximum absolute atomic E-state index is 5.47. The van der Waals surface area contributed by atoms with Gasteiger partial charge in [-0.1, -0.05) is 18.2 Å². The van der Waals surface area contributed by atoms with Crippen molar-refractivity contribution in [2.45, 2.75) is 17.1 Å². The van der Waals surface area contributed by atoms with Gasteiger partial charge >= 0.3 is 0 Å². The Labute approximate surface area is 103 Å². The van der Waals surface area contributed by atoms with E-state index in [2.05, 4.69) is 22.3 Å². The number of aromatic nitrogens is 2. The van der Waals surface area contributed by atoms with E-state index in [1.165, 1.54) is 4.90 Å². The van der Waals surface area contributed by atoms with Gasteiger partial charge in [-0.15, -0.1) is 33.3 Å². The van der Waals surface area contributed by atoms with E-state index in [0.29, 0.717) is 6.54 Å². The molecular formula is C11H13N3S2. The number of hydrogen-bond acceptors (Lipinski definition) is 5. The second-order valence-electron chi connectivity index (χ2n) is 3.23. The van der Waals surface area contributed by atoms with Gasteiger partial charge < -0.3 is 5.73 Å². The van der Waals surface area contributed by atoms with Crippen LogP contribution in [0.5, 0.6) is 0 Å². The molecule has 0 unspecified atom stereocenters. The van der Waals surface area contributed by atoms with E-state index in [0.717, 1.165) is 22.2 Å². The minimum absolute atomic E-state index is 0.639. The molecule has 0 aliphatic rings. The summed E-state index contributed by atoms with van der Waals surface area (Å²) in [7, 11) is 0. The summed E-state index contributed by atoms with van der Waals surface area (Å²) in [5, 5.41) is 10.3. The lowest BCUT2D eigenvalue weighted by atomic mass is 10.4. The predicted molar refractivity (Wildman–Crippen MR) is 68.7 cm³/mol. The molecule has 0 amide bonds. The van der Waals surface area contributed by atoms with E-state index >= 15 is 0 Å². The highest BCUT2D eigenvalue weighted by molar-refractivity contribution is 7.98. The lowest BCUT2D eigenvalue weighted by molar-refractivity contribution is 0.904. The number of nitrogens with zero attached hydrogens (tertiary/aromatic N) is 2. The molecule has 0 bridgehead atoms. The summed E-state index contributed by atoms with van der Waals surface area (Å²) < 4.78 is 0. The maximum Gasteiger partial charge on any atom is 0.127 e. The molecule has 1 aromatic heterocycles. The zero-order chi connectivity index (χ0) is 11.2. The van der Waals surface area contributed by atoms with Gasteiger partial charge in [0.25, 0.3) is 0 Å². The molecule has 5 heteroatoms. The van der Waals surface area contributed by atoms with Crippen LogP contribution in [0.2, 0.25) is 0 Å². The van der Waals surface area contributed by atoms with E-state index in [1.54, 1.807) is 23.1 Å². The largest absolute Gasteiger partial charge is 0.330 e. The van der Waals surface area contributed by atoms with Crippen LogP contribution in [-0.2, 0) is 12.2 Å². The molecule has 0 radical (unpaired) electrons. The van der Waals surface area contributed by atoms with Crippen LogP contribution in [0, 0.1) is 0 Å². The molecule has 2 rings (SSSR count). The molecule has 3 nitrogen and oxygen atoms in total. The van der Waals surface area contributed by atoms with E-state index in [1.807, 2.05) is 18.2 Å². The van der Waals surface area contributed by atoms with E-state index in [4.69, 9.17) is 5.73 Å². The Hall–Kier alpha value is -0.910. The molecule has 0 aliphatic carbocycles. The monoisotopic (exact) mass is 251 g/mol. The fourth-order valence-electron chi connectivity index (χ4n) is 1.23. The minimum Gasteiger partial charge on any atom is -0.330 e. The Bertz CT molecular complexity index is 428. The lowest BCUT2D eigenvalue weighted by Gasteiger charge is -1.96. The number of rotatable bonds is 5. The van der Waals surface area contributed by atoms with Gasteiger partial charge in [-0.05, 0) is 18.7 Å². The molecule has 84 valence electrons. The molecule has 0 saturated carbocycles. The minimum atomic E-state index is 0.639. The summed E-state index contributed by atoms with van der Waals surface area (Å²) in [6.45, 7) is 0.639. The molecule has 0 spiro atoms. The van der Waals surface area contributed by atoms with Crippen molar-refractivity contribution in [1.29, 1.82) is 0 Å². The quantitative estimate of drug-likeness (QED) is 0.829. The number of benzene rings is 1. The summed E-state index contributed by atoms with van der Waals surface area (Å²) in [6.07, 6.45) is 0.827. The standard InChI is InChI=1S/C11H13N3S2/c12-7-6-10-13-14-11(16-10)8-15-9-4-2-1-3-5-9/h1-5H,6-8,12H2. The van der Waals surface area contributed by atoms with Crippen molar-refractivity contribution in [3.63, 3.8) is 0 Å². The van der Waals surface area contributed by atoms with Gasteiger partial charge in [-0.3, -0.25) is 0 Å². The first-order valence-corrected chi connectivity index (χ1v) is 6.88. The Balaban J connectivity index is 1.89. The van der Waals surface area contributed by atoms with E-state index in [-0.39, 0.29) is 0 Å². The number of hydrogen-bond donors (Lipinski definition) is 1. The molecule has 0 fully saturated rings. The second kappa shape index (κ2) is 5.98.